The maximum absolute atomic E-state index is 12.8. The maximum Gasteiger partial charge on any atom is 0.292 e. The van der Waals surface area contributed by atoms with Gasteiger partial charge in [0.25, 0.3) is 5.91 Å². The average Bonchev–Trinajstić information content (AvgIpc) is 2.82. The molecular weight excluding hydrogens is 492 g/mol. The van der Waals surface area contributed by atoms with Crippen molar-refractivity contribution in [1.29, 1.82) is 0 Å². The van der Waals surface area contributed by atoms with Gasteiger partial charge in [0, 0.05) is 29.1 Å². The third kappa shape index (κ3) is 5.76. The molecule has 1 aromatic heterocycles. The molecule has 3 aromatic rings. The van der Waals surface area contributed by atoms with Crippen LogP contribution < -0.4 is 21.1 Å². The first-order chi connectivity index (χ1) is 16.2. The quantitative estimate of drug-likeness (QED) is 0.423. The lowest BCUT2D eigenvalue weighted by atomic mass is 9.91. The van der Waals surface area contributed by atoms with Gasteiger partial charge in [-0.25, -0.2) is 9.97 Å². The molecule has 1 fully saturated rings. The number of hydrogen-bond donors (Lipinski definition) is 3. The Morgan fingerprint density at radius 3 is 2.59 bits per heavy atom. The van der Waals surface area contributed by atoms with E-state index in [0.29, 0.717) is 21.3 Å². The van der Waals surface area contributed by atoms with Crippen molar-refractivity contribution in [3.8, 4) is 0 Å². The monoisotopic (exact) mass is 516 g/mol. The third-order valence-corrected chi connectivity index (χ3v) is 8.35. The number of carbonyl (C=O) groups excluding carboxylic acids is 1. The van der Waals surface area contributed by atoms with Gasteiger partial charge in [0.2, 0.25) is 0 Å². The van der Waals surface area contributed by atoms with Crippen molar-refractivity contribution in [1.82, 2.24) is 14.7 Å². The molecule has 8 nitrogen and oxygen atoms in total. The predicted molar refractivity (Wildman–Crippen MR) is 136 cm³/mol. The minimum atomic E-state index is -1.84. The maximum atomic E-state index is 12.8. The standard InChI is InChI=1S/C23H25ClN6O2S2/c1-23(26)10-12-30(13-11-23)18-14-27-22(20(25)28-18)33-16-8-5-9-17(19(16)24)34(32)29-21(31)15-6-3-2-4-7-15/h2-9,14H,10-13,26H2,1H3,(H2,25,28)(H,29,31). The van der Waals surface area contributed by atoms with Gasteiger partial charge in [0.1, 0.15) is 27.2 Å². The zero-order valence-electron chi connectivity index (χ0n) is 18.5. The van der Waals surface area contributed by atoms with Crippen molar-refractivity contribution in [2.75, 3.05) is 23.7 Å². The molecule has 0 spiro atoms. The van der Waals surface area contributed by atoms with Crippen LogP contribution in [0.4, 0.5) is 11.6 Å². The second kappa shape index (κ2) is 10.4. The van der Waals surface area contributed by atoms with Crippen LogP contribution in [-0.4, -0.2) is 39.1 Å². The van der Waals surface area contributed by atoms with E-state index in [4.69, 9.17) is 23.1 Å². The molecule has 1 aliphatic heterocycles. The van der Waals surface area contributed by atoms with Crippen LogP contribution in [0.3, 0.4) is 0 Å². The first-order valence-corrected chi connectivity index (χ1v) is 13.0. The Balaban J connectivity index is 1.47. The predicted octanol–water partition coefficient (Wildman–Crippen LogP) is 3.63. The molecule has 2 heterocycles. The highest BCUT2D eigenvalue weighted by molar-refractivity contribution is 7.99. The zero-order chi connectivity index (χ0) is 24.3. The van der Waals surface area contributed by atoms with Gasteiger partial charge in [-0.05, 0) is 44.0 Å². The second-order valence-corrected chi connectivity index (χ2v) is 10.9. The molecule has 178 valence electrons. The lowest BCUT2D eigenvalue weighted by molar-refractivity contribution is 0.0981. The molecule has 0 aliphatic carbocycles. The van der Waals surface area contributed by atoms with Gasteiger partial charge in [-0.1, -0.05) is 47.6 Å². The summed E-state index contributed by atoms with van der Waals surface area (Å²) in [5, 5.41) is 0.741. The number of nitrogens with two attached hydrogens (primary N) is 2. The van der Waals surface area contributed by atoms with Gasteiger partial charge in [-0.15, -0.1) is 0 Å². The van der Waals surface area contributed by atoms with Crippen LogP contribution in [0.2, 0.25) is 5.02 Å². The smallest absolute Gasteiger partial charge is 0.292 e. The molecule has 1 unspecified atom stereocenters. The number of amides is 1. The molecule has 11 heteroatoms. The van der Waals surface area contributed by atoms with Crippen LogP contribution in [0, 0.1) is 0 Å². The first kappa shape index (κ1) is 24.6. The van der Waals surface area contributed by atoms with Gasteiger partial charge in [-0.2, -0.15) is 4.72 Å². The first-order valence-electron chi connectivity index (χ1n) is 10.6. The number of hydrogen-bond acceptors (Lipinski definition) is 8. The number of nitrogens with one attached hydrogen (secondary N) is 1. The topological polar surface area (TPSA) is 133 Å². The summed E-state index contributed by atoms with van der Waals surface area (Å²) in [4.78, 5) is 24.4. The van der Waals surface area contributed by atoms with Crippen molar-refractivity contribution in [2.45, 2.75) is 40.1 Å². The Labute approximate surface area is 210 Å². The number of benzene rings is 2. The summed E-state index contributed by atoms with van der Waals surface area (Å²) in [5.41, 5.74) is 12.7. The molecule has 0 saturated carbocycles. The lowest BCUT2D eigenvalue weighted by Crippen LogP contribution is -2.48. The number of rotatable bonds is 6. The number of piperidine rings is 1. The second-order valence-electron chi connectivity index (χ2n) is 8.30. The molecule has 0 bridgehead atoms. The highest BCUT2D eigenvalue weighted by Gasteiger charge is 2.27. The third-order valence-electron chi connectivity index (χ3n) is 5.54. The SMILES string of the molecule is CC1(N)CCN(c2cnc(Sc3cccc([S+]([O-])NC(=O)c4ccccc4)c3Cl)c(N)n2)CC1. The van der Waals surface area contributed by atoms with Crippen molar-refractivity contribution in [3.63, 3.8) is 0 Å². The summed E-state index contributed by atoms with van der Waals surface area (Å²) in [7, 11) is 0. The lowest BCUT2D eigenvalue weighted by Gasteiger charge is -2.37. The molecule has 5 N–H and O–H groups in total. The van der Waals surface area contributed by atoms with Crippen LogP contribution in [0.1, 0.15) is 30.1 Å². The van der Waals surface area contributed by atoms with E-state index in [2.05, 4.69) is 26.5 Å². The zero-order valence-corrected chi connectivity index (χ0v) is 20.9. The van der Waals surface area contributed by atoms with E-state index in [1.165, 1.54) is 11.8 Å². The summed E-state index contributed by atoms with van der Waals surface area (Å²) in [6.45, 7) is 3.64. The number of anilines is 2. The fourth-order valence-electron chi connectivity index (χ4n) is 3.46. The Morgan fingerprint density at radius 2 is 1.91 bits per heavy atom. The Bertz CT molecular complexity index is 1170. The molecule has 1 atom stereocenters. The number of carbonyl (C=O) groups is 1. The van der Waals surface area contributed by atoms with E-state index in [-0.39, 0.29) is 21.3 Å². The van der Waals surface area contributed by atoms with Crippen molar-refractivity contribution in [2.24, 2.45) is 5.73 Å². The molecule has 4 rings (SSSR count). The number of halogens is 1. The average molecular weight is 517 g/mol. The number of aromatic nitrogens is 2. The molecular formula is C23H25ClN6O2S2. The largest absolute Gasteiger partial charge is 0.588 e. The van der Waals surface area contributed by atoms with Gasteiger partial charge in [0.05, 0.1) is 6.20 Å². The van der Waals surface area contributed by atoms with Gasteiger partial charge in [-0.3, -0.25) is 4.79 Å². The van der Waals surface area contributed by atoms with E-state index < -0.39 is 17.3 Å². The Kier molecular flexibility index (Phi) is 7.54. The van der Waals surface area contributed by atoms with E-state index in [1.54, 1.807) is 54.7 Å². The molecule has 1 saturated heterocycles. The van der Waals surface area contributed by atoms with Crippen LogP contribution in [0.15, 0.2) is 69.5 Å². The number of nitrogen functional groups attached to an aromatic ring is 1. The normalized spacial score (nSPS) is 16.2. The molecule has 2 aromatic carbocycles. The molecule has 0 radical (unpaired) electrons. The summed E-state index contributed by atoms with van der Waals surface area (Å²) in [6, 6.07) is 13.6. The summed E-state index contributed by atoms with van der Waals surface area (Å²) in [6.07, 6.45) is 3.42. The van der Waals surface area contributed by atoms with Crippen LogP contribution in [-0.2, 0) is 11.4 Å². The van der Waals surface area contributed by atoms with Crippen LogP contribution in [0.5, 0.6) is 0 Å². The minimum absolute atomic E-state index is 0.159. The summed E-state index contributed by atoms with van der Waals surface area (Å²) >= 11 is 5.93. The van der Waals surface area contributed by atoms with Crippen LogP contribution in [0.25, 0.3) is 0 Å². The van der Waals surface area contributed by atoms with Gasteiger partial charge in [0.15, 0.2) is 10.7 Å². The fourth-order valence-corrected chi connectivity index (χ4v) is 5.66. The Hall–Kier alpha value is -2.50. The minimum Gasteiger partial charge on any atom is -0.588 e. The van der Waals surface area contributed by atoms with E-state index >= 15 is 0 Å². The van der Waals surface area contributed by atoms with Crippen molar-refractivity contribution < 1.29 is 9.35 Å². The summed E-state index contributed by atoms with van der Waals surface area (Å²) < 4.78 is 15.3. The van der Waals surface area contributed by atoms with Gasteiger partial charge < -0.3 is 20.9 Å². The highest BCUT2D eigenvalue weighted by Crippen LogP contribution is 2.38. The molecule has 1 aliphatic rings. The van der Waals surface area contributed by atoms with E-state index in [0.717, 1.165) is 25.9 Å². The van der Waals surface area contributed by atoms with Crippen molar-refractivity contribution in [3.05, 3.63) is 65.3 Å². The number of nitrogens with zero attached hydrogens (tertiary/aromatic N) is 3. The highest BCUT2D eigenvalue weighted by atomic mass is 35.5. The van der Waals surface area contributed by atoms with Crippen LogP contribution >= 0.6 is 23.4 Å². The molecule has 1 amide bonds. The van der Waals surface area contributed by atoms with E-state index in [9.17, 15) is 9.35 Å². The molecule has 34 heavy (non-hydrogen) atoms. The fraction of sp³-hybridized carbons (Fsp3) is 0.261. The van der Waals surface area contributed by atoms with Crippen molar-refractivity contribution >= 4 is 52.3 Å². The van der Waals surface area contributed by atoms with E-state index in [1.807, 2.05) is 0 Å². The van der Waals surface area contributed by atoms with Gasteiger partial charge >= 0.3 is 0 Å². The summed E-state index contributed by atoms with van der Waals surface area (Å²) in [5.74, 6) is 0.539. The Morgan fingerprint density at radius 1 is 1.21 bits per heavy atom.